The molecule has 4 amide bonds. The van der Waals surface area contributed by atoms with E-state index >= 15 is 0 Å². The predicted molar refractivity (Wildman–Crippen MR) is 146 cm³/mol. The standard InChI is InChI=1S/C26H27BBrN3O10/c1-2-30-6-7-31(24(36)23(30)35)26(39)29-19(14-9-18(28)21(34)20(33)10-14)12-16(32)11-15-8-13-4-3-5-17(25(37)38)22(13)41-27(15)40/h3-5,9-10,15,19,33-34,40H,2,6-8,11-12H2,1H3,(H,29,39)(H,37,38)/t15-,19?/m1/s1. The van der Waals surface area contributed by atoms with E-state index in [1.807, 2.05) is 0 Å². The number of ketones is 1. The van der Waals surface area contributed by atoms with Gasteiger partial charge in [-0.1, -0.05) is 12.1 Å². The van der Waals surface area contributed by atoms with E-state index in [0.717, 1.165) is 11.0 Å². The fourth-order valence-corrected chi connectivity index (χ4v) is 5.35. The highest BCUT2D eigenvalue weighted by Gasteiger charge is 2.39. The van der Waals surface area contributed by atoms with Crippen LogP contribution in [0, 0.1) is 0 Å². The first-order valence-electron chi connectivity index (χ1n) is 12.7. The van der Waals surface area contributed by atoms with Gasteiger partial charge in [-0.15, -0.1) is 0 Å². The van der Waals surface area contributed by atoms with Crippen molar-refractivity contribution in [2.24, 2.45) is 0 Å². The molecule has 1 fully saturated rings. The van der Waals surface area contributed by atoms with Crippen LogP contribution in [0.2, 0.25) is 5.82 Å². The van der Waals surface area contributed by atoms with Gasteiger partial charge < -0.3 is 35.2 Å². The Balaban J connectivity index is 1.53. The zero-order valence-corrected chi connectivity index (χ0v) is 23.5. The number of carboxylic acid groups (broad SMARTS) is 1. The van der Waals surface area contributed by atoms with Gasteiger partial charge in [-0.2, -0.15) is 0 Å². The summed E-state index contributed by atoms with van der Waals surface area (Å²) in [6.45, 7) is 2.10. The molecule has 216 valence electrons. The number of halogens is 1. The summed E-state index contributed by atoms with van der Waals surface area (Å²) >= 11 is 3.11. The molecule has 0 spiro atoms. The lowest BCUT2D eigenvalue weighted by atomic mass is 9.64. The van der Waals surface area contributed by atoms with Crippen LogP contribution in [-0.4, -0.2) is 86.5 Å². The van der Waals surface area contributed by atoms with Crippen molar-refractivity contribution in [2.45, 2.75) is 38.0 Å². The van der Waals surface area contributed by atoms with Crippen molar-refractivity contribution in [3.05, 3.63) is 51.5 Å². The Hall–Kier alpha value is -4.11. The van der Waals surface area contributed by atoms with Gasteiger partial charge >= 0.3 is 30.9 Å². The maximum atomic E-state index is 13.2. The number of carbonyl (C=O) groups excluding carboxylic acids is 4. The molecule has 15 heteroatoms. The average Bonchev–Trinajstić information content (AvgIpc) is 2.92. The molecule has 2 aliphatic rings. The molecular weight excluding hydrogens is 605 g/mol. The number of nitrogens with zero attached hydrogens (tertiary/aromatic N) is 2. The molecule has 1 unspecified atom stereocenters. The van der Waals surface area contributed by atoms with E-state index < -0.39 is 60.1 Å². The number of benzene rings is 2. The number of imide groups is 1. The molecule has 0 aliphatic carbocycles. The summed E-state index contributed by atoms with van der Waals surface area (Å²) in [4.78, 5) is 64.7. The van der Waals surface area contributed by atoms with Gasteiger partial charge in [0.25, 0.3) is 0 Å². The number of fused-ring (bicyclic) bond motifs is 1. The Morgan fingerprint density at radius 1 is 1.17 bits per heavy atom. The summed E-state index contributed by atoms with van der Waals surface area (Å²) in [7, 11) is -1.47. The summed E-state index contributed by atoms with van der Waals surface area (Å²) in [5.41, 5.74) is 0.621. The van der Waals surface area contributed by atoms with Crippen molar-refractivity contribution in [1.82, 2.24) is 15.1 Å². The molecule has 2 aliphatic heterocycles. The first kappa shape index (κ1) is 29.9. The second-order valence-electron chi connectivity index (χ2n) is 9.73. The number of phenols is 2. The molecule has 2 aromatic rings. The number of para-hydroxylation sites is 1. The molecule has 0 saturated carbocycles. The van der Waals surface area contributed by atoms with Crippen molar-refractivity contribution in [1.29, 1.82) is 0 Å². The number of carbonyl (C=O) groups is 5. The van der Waals surface area contributed by atoms with E-state index in [1.54, 1.807) is 13.0 Å². The third-order valence-corrected chi connectivity index (χ3v) is 7.68. The average molecular weight is 632 g/mol. The summed E-state index contributed by atoms with van der Waals surface area (Å²) in [6.07, 6.45) is -0.392. The Bertz CT molecular complexity index is 1400. The topological polar surface area (TPSA) is 194 Å². The lowest BCUT2D eigenvalue weighted by molar-refractivity contribution is -0.153. The number of aromatic carboxylic acids is 1. The lowest BCUT2D eigenvalue weighted by Gasteiger charge is -2.33. The normalized spacial score (nSPS) is 17.5. The zero-order chi connectivity index (χ0) is 30.0. The van der Waals surface area contributed by atoms with E-state index in [1.165, 1.54) is 23.1 Å². The fraction of sp³-hybridized carbons (Fsp3) is 0.346. The van der Waals surface area contributed by atoms with Crippen molar-refractivity contribution < 1.29 is 49.0 Å². The van der Waals surface area contributed by atoms with Crippen LogP contribution < -0.4 is 9.97 Å². The first-order chi connectivity index (χ1) is 19.4. The number of nitrogens with one attached hydrogen (secondary N) is 1. The van der Waals surface area contributed by atoms with Crippen LogP contribution in [0.3, 0.4) is 0 Å². The molecule has 4 rings (SSSR count). The number of aromatic hydroxyl groups is 2. The van der Waals surface area contributed by atoms with Crippen LogP contribution >= 0.6 is 15.9 Å². The Morgan fingerprint density at radius 3 is 2.56 bits per heavy atom. The summed E-state index contributed by atoms with van der Waals surface area (Å²) in [5, 5.41) is 42.6. The Labute approximate surface area is 243 Å². The summed E-state index contributed by atoms with van der Waals surface area (Å²) < 4.78 is 5.55. The van der Waals surface area contributed by atoms with Crippen molar-refractivity contribution >= 4 is 52.6 Å². The van der Waals surface area contributed by atoms with Crippen LogP contribution in [-0.2, 0) is 20.8 Å². The highest BCUT2D eigenvalue weighted by atomic mass is 79.9. The maximum Gasteiger partial charge on any atom is 0.526 e. The van der Waals surface area contributed by atoms with Gasteiger partial charge in [0.05, 0.1) is 16.1 Å². The molecule has 5 N–H and O–H groups in total. The molecule has 0 bridgehead atoms. The Kier molecular flexibility index (Phi) is 8.88. The fourth-order valence-electron chi connectivity index (χ4n) is 4.89. The van der Waals surface area contributed by atoms with Gasteiger partial charge in [0.15, 0.2) is 11.5 Å². The quantitative estimate of drug-likeness (QED) is 0.163. The van der Waals surface area contributed by atoms with E-state index in [2.05, 4.69) is 21.2 Å². The zero-order valence-electron chi connectivity index (χ0n) is 21.9. The molecule has 41 heavy (non-hydrogen) atoms. The molecule has 2 atom stereocenters. The SMILES string of the molecule is CCN1CCN(C(=O)NC(CC(=O)C[C@H]2Cc3cccc(C(=O)O)c3OB2O)c2cc(O)c(O)c(Br)c2)C(=O)C1=O. The number of likely N-dealkylation sites (N-methyl/N-ethyl adjacent to an activating group) is 1. The van der Waals surface area contributed by atoms with Crippen LogP contribution in [0.5, 0.6) is 17.2 Å². The van der Waals surface area contributed by atoms with Gasteiger partial charge in [-0.3, -0.25) is 19.3 Å². The number of phenolic OH excluding ortho intramolecular Hbond substituents is 2. The number of amides is 4. The third-order valence-electron chi connectivity index (χ3n) is 7.07. The minimum Gasteiger partial charge on any atom is -0.535 e. The number of piperazine rings is 1. The molecule has 0 radical (unpaired) electrons. The Morgan fingerprint density at radius 2 is 1.90 bits per heavy atom. The van der Waals surface area contributed by atoms with Crippen LogP contribution in [0.4, 0.5) is 4.79 Å². The number of urea groups is 1. The number of hydrogen-bond donors (Lipinski definition) is 5. The van der Waals surface area contributed by atoms with Gasteiger partial charge in [-0.05, 0) is 58.6 Å². The molecule has 2 heterocycles. The number of hydrogen-bond acceptors (Lipinski definition) is 9. The summed E-state index contributed by atoms with van der Waals surface area (Å²) in [6, 6.07) is 5.05. The van der Waals surface area contributed by atoms with Crippen LogP contribution in [0.1, 0.15) is 47.3 Å². The van der Waals surface area contributed by atoms with Crippen LogP contribution in [0.25, 0.3) is 0 Å². The predicted octanol–water partition coefficient (Wildman–Crippen LogP) is 1.83. The molecule has 1 saturated heterocycles. The van der Waals surface area contributed by atoms with Crippen molar-refractivity contribution in [3.8, 4) is 17.2 Å². The minimum absolute atomic E-state index is 0.0353. The van der Waals surface area contributed by atoms with Crippen LogP contribution in [0.15, 0.2) is 34.8 Å². The van der Waals surface area contributed by atoms with Gasteiger partial charge in [-0.25, -0.2) is 9.59 Å². The van der Waals surface area contributed by atoms with Crippen molar-refractivity contribution in [3.63, 3.8) is 0 Å². The number of Topliss-reactive ketones (excluding diaryl/α,β-unsaturated/α-hetero) is 1. The minimum atomic E-state index is -1.47. The van der Waals surface area contributed by atoms with Gasteiger partial charge in [0.2, 0.25) is 0 Å². The highest BCUT2D eigenvalue weighted by molar-refractivity contribution is 9.10. The molecular formula is C26H27BBrN3O10. The second kappa shape index (κ2) is 12.2. The van der Waals surface area contributed by atoms with E-state index in [0.29, 0.717) is 12.1 Å². The van der Waals surface area contributed by atoms with Gasteiger partial charge in [0, 0.05) is 38.3 Å². The van der Waals surface area contributed by atoms with E-state index in [9.17, 15) is 44.3 Å². The second-order valence-corrected chi connectivity index (χ2v) is 10.6. The van der Waals surface area contributed by atoms with Gasteiger partial charge in [0.1, 0.15) is 11.5 Å². The first-order valence-corrected chi connectivity index (χ1v) is 13.5. The van der Waals surface area contributed by atoms with E-state index in [4.69, 9.17) is 4.65 Å². The number of rotatable bonds is 8. The molecule has 0 aromatic heterocycles. The smallest absolute Gasteiger partial charge is 0.526 e. The van der Waals surface area contributed by atoms with Crippen molar-refractivity contribution in [2.75, 3.05) is 19.6 Å². The highest BCUT2D eigenvalue weighted by Crippen LogP contribution is 2.39. The lowest BCUT2D eigenvalue weighted by Crippen LogP contribution is -2.58. The largest absolute Gasteiger partial charge is 0.535 e. The monoisotopic (exact) mass is 631 g/mol. The third kappa shape index (κ3) is 6.30. The maximum absolute atomic E-state index is 13.2. The molecule has 13 nitrogen and oxygen atoms in total. The van der Waals surface area contributed by atoms with E-state index in [-0.39, 0.29) is 53.7 Å². The molecule has 2 aromatic carbocycles. The summed E-state index contributed by atoms with van der Waals surface area (Å²) in [5.74, 6) is -5.16. The number of carboxylic acids is 1.